The molecule has 4 heteroatoms. The Bertz CT molecular complexity index is 487. The van der Waals surface area contributed by atoms with Gasteiger partial charge in [-0.2, -0.15) is 0 Å². The minimum absolute atomic E-state index is 0.0641. The molecule has 5 atom stereocenters. The largest absolute Gasteiger partial charge is 0.481 e. The van der Waals surface area contributed by atoms with Crippen molar-refractivity contribution in [2.45, 2.75) is 104 Å². The number of carboxylic acids is 1. The van der Waals surface area contributed by atoms with Crippen LogP contribution in [-0.4, -0.2) is 28.6 Å². The summed E-state index contributed by atoms with van der Waals surface area (Å²) in [6.07, 6.45) is 8.88. The maximum Gasteiger partial charge on any atom is 0.309 e. The zero-order chi connectivity index (χ0) is 19.3. The summed E-state index contributed by atoms with van der Waals surface area (Å²) >= 11 is 0. The molecule has 0 bridgehead atoms. The Hall–Kier alpha value is -0.900. The number of carboxylic acid groups (broad SMARTS) is 1. The number of rotatable bonds is 9. The molecule has 1 heterocycles. The van der Waals surface area contributed by atoms with Crippen LogP contribution in [-0.2, 0) is 14.3 Å². The fourth-order valence-corrected chi connectivity index (χ4v) is 4.92. The van der Waals surface area contributed by atoms with E-state index in [0.717, 1.165) is 57.8 Å². The predicted octanol–water partition coefficient (Wildman–Crippen LogP) is 5.24. The zero-order valence-electron chi connectivity index (χ0n) is 17.1. The summed E-state index contributed by atoms with van der Waals surface area (Å²) in [7, 11) is 0. The quantitative estimate of drug-likeness (QED) is 0.567. The summed E-state index contributed by atoms with van der Waals surface area (Å²) in [6, 6.07) is 0. The van der Waals surface area contributed by atoms with Gasteiger partial charge < -0.3 is 9.84 Å². The van der Waals surface area contributed by atoms with E-state index in [2.05, 4.69) is 27.7 Å². The van der Waals surface area contributed by atoms with Gasteiger partial charge >= 0.3 is 5.97 Å². The van der Waals surface area contributed by atoms with E-state index >= 15 is 0 Å². The number of fused-ring (bicyclic) bond motifs is 1. The molecule has 0 aromatic rings. The van der Waals surface area contributed by atoms with Gasteiger partial charge in [0, 0.05) is 12.3 Å². The molecule has 0 aromatic carbocycles. The molecule has 1 aliphatic carbocycles. The van der Waals surface area contributed by atoms with Crippen LogP contribution in [0, 0.1) is 23.7 Å². The van der Waals surface area contributed by atoms with Gasteiger partial charge in [-0.05, 0) is 44.4 Å². The summed E-state index contributed by atoms with van der Waals surface area (Å²) < 4.78 is 6.44. The molecule has 0 aromatic heterocycles. The van der Waals surface area contributed by atoms with Crippen LogP contribution < -0.4 is 0 Å². The smallest absolute Gasteiger partial charge is 0.309 e. The number of hydrogen-bond donors (Lipinski definition) is 1. The Labute approximate surface area is 159 Å². The van der Waals surface area contributed by atoms with E-state index in [1.165, 1.54) is 0 Å². The highest BCUT2D eigenvalue weighted by atomic mass is 16.5. The van der Waals surface area contributed by atoms with E-state index in [9.17, 15) is 14.7 Å². The second-order valence-electron chi connectivity index (χ2n) is 9.25. The second-order valence-corrected chi connectivity index (χ2v) is 9.25. The molecule has 5 unspecified atom stereocenters. The minimum Gasteiger partial charge on any atom is -0.481 e. The van der Waals surface area contributed by atoms with Gasteiger partial charge in [0.05, 0.1) is 17.6 Å². The molecule has 0 radical (unpaired) electrons. The molecule has 1 saturated carbocycles. The number of unbranched alkanes of at least 4 members (excludes halogenated alkanes) is 2. The molecule has 1 aliphatic heterocycles. The number of ketones is 1. The Kier molecular flexibility index (Phi) is 7.69. The van der Waals surface area contributed by atoms with Gasteiger partial charge in [-0.3, -0.25) is 9.59 Å². The van der Waals surface area contributed by atoms with Crippen molar-refractivity contribution < 1.29 is 19.4 Å². The van der Waals surface area contributed by atoms with Gasteiger partial charge in [0.2, 0.25) is 0 Å². The number of hydrogen-bond acceptors (Lipinski definition) is 3. The molecule has 4 nitrogen and oxygen atoms in total. The lowest BCUT2D eigenvalue weighted by atomic mass is 9.65. The van der Waals surface area contributed by atoms with Crippen molar-refractivity contribution in [1.82, 2.24) is 0 Å². The molecular weight excluding hydrogens is 328 g/mol. The standard InChI is InChI=1S/C22H38O4/c1-5-6-7-10-16-14-18(23)17-11-13-22(4,12-8-9-15(2)3)26-20(17)19(16)21(24)25/h15-17,19-20H,5-14H2,1-4H3,(H,24,25). The highest BCUT2D eigenvalue weighted by Crippen LogP contribution is 2.46. The summed E-state index contributed by atoms with van der Waals surface area (Å²) in [6.45, 7) is 8.71. The Balaban J connectivity index is 2.10. The zero-order valence-corrected chi connectivity index (χ0v) is 17.1. The van der Waals surface area contributed by atoms with Crippen LogP contribution in [0.5, 0.6) is 0 Å². The first kappa shape index (κ1) is 21.4. The maximum absolute atomic E-state index is 12.7. The first-order valence-electron chi connectivity index (χ1n) is 10.7. The minimum atomic E-state index is -0.777. The molecule has 150 valence electrons. The number of ether oxygens (including phenoxy) is 1. The van der Waals surface area contributed by atoms with Gasteiger partial charge in [-0.15, -0.1) is 0 Å². The highest BCUT2D eigenvalue weighted by Gasteiger charge is 2.52. The van der Waals surface area contributed by atoms with E-state index in [4.69, 9.17) is 4.74 Å². The van der Waals surface area contributed by atoms with Gasteiger partial charge in [0.15, 0.2) is 0 Å². The molecule has 0 spiro atoms. The normalized spacial score (nSPS) is 34.7. The maximum atomic E-state index is 12.7. The number of carbonyl (C=O) groups is 2. The molecular formula is C22H38O4. The van der Waals surface area contributed by atoms with Crippen LogP contribution in [0.1, 0.15) is 91.9 Å². The third kappa shape index (κ3) is 5.31. The van der Waals surface area contributed by atoms with Crippen molar-refractivity contribution in [3.05, 3.63) is 0 Å². The molecule has 26 heavy (non-hydrogen) atoms. The Morgan fingerprint density at radius 3 is 2.65 bits per heavy atom. The summed E-state index contributed by atoms with van der Waals surface area (Å²) in [5.74, 6) is -0.679. The summed E-state index contributed by atoms with van der Waals surface area (Å²) in [4.78, 5) is 24.8. The fourth-order valence-electron chi connectivity index (χ4n) is 4.92. The summed E-state index contributed by atoms with van der Waals surface area (Å²) in [5.41, 5.74) is -0.282. The number of aliphatic carboxylic acids is 1. The monoisotopic (exact) mass is 366 g/mol. The van der Waals surface area contributed by atoms with Crippen molar-refractivity contribution in [2.75, 3.05) is 0 Å². The molecule has 2 fully saturated rings. The lowest BCUT2D eigenvalue weighted by Crippen LogP contribution is -2.55. The van der Waals surface area contributed by atoms with Crippen LogP contribution in [0.2, 0.25) is 0 Å². The van der Waals surface area contributed by atoms with E-state index in [1.807, 2.05) is 0 Å². The number of carbonyl (C=O) groups excluding carboxylic acids is 1. The first-order chi connectivity index (χ1) is 12.3. The van der Waals surface area contributed by atoms with Gasteiger partial charge in [-0.25, -0.2) is 0 Å². The lowest BCUT2D eigenvalue weighted by molar-refractivity contribution is -0.199. The number of Topliss-reactive ketones (excluding diaryl/α,β-unsaturated/α-hetero) is 1. The topological polar surface area (TPSA) is 63.6 Å². The van der Waals surface area contributed by atoms with Crippen molar-refractivity contribution in [2.24, 2.45) is 23.7 Å². The van der Waals surface area contributed by atoms with Gasteiger partial charge in [-0.1, -0.05) is 52.9 Å². The molecule has 0 amide bonds. The third-order valence-electron chi connectivity index (χ3n) is 6.49. The van der Waals surface area contributed by atoms with Crippen LogP contribution in [0.25, 0.3) is 0 Å². The molecule has 1 N–H and O–H groups in total. The molecule has 2 aliphatic rings. The first-order valence-corrected chi connectivity index (χ1v) is 10.7. The SMILES string of the molecule is CCCCCC1CC(=O)C2CCC(C)(CCCC(C)C)OC2C1C(=O)O. The van der Waals surface area contributed by atoms with Crippen LogP contribution >= 0.6 is 0 Å². The van der Waals surface area contributed by atoms with Crippen molar-refractivity contribution in [3.8, 4) is 0 Å². The average Bonchev–Trinajstić information content (AvgIpc) is 2.54. The van der Waals surface area contributed by atoms with Crippen molar-refractivity contribution >= 4 is 11.8 Å². The Morgan fingerprint density at radius 1 is 1.31 bits per heavy atom. The van der Waals surface area contributed by atoms with Gasteiger partial charge in [0.25, 0.3) is 0 Å². The Morgan fingerprint density at radius 2 is 2.04 bits per heavy atom. The van der Waals surface area contributed by atoms with Crippen LogP contribution in [0.15, 0.2) is 0 Å². The molecule has 1 saturated heterocycles. The second kappa shape index (κ2) is 9.34. The van der Waals surface area contributed by atoms with E-state index in [0.29, 0.717) is 12.3 Å². The van der Waals surface area contributed by atoms with Crippen LogP contribution in [0.3, 0.4) is 0 Å². The van der Waals surface area contributed by atoms with Gasteiger partial charge in [0.1, 0.15) is 5.78 Å². The predicted molar refractivity (Wildman–Crippen MR) is 103 cm³/mol. The lowest BCUT2D eigenvalue weighted by Gasteiger charge is -2.49. The third-order valence-corrected chi connectivity index (χ3v) is 6.49. The van der Waals surface area contributed by atoms with E-state index in [-0.39, 0.29) is 23.2 Å². The molecule has 2 rings (SSSR count). The van der Waals surface area contributed by atoms with Crippen LogP contribution in [0.4, 0.5) is 0 Å². The van der Waals surface area contributed by atoms with Crippen molar-refractivity contribution in [1.29, 1.82) is 0 Å². The van der Waals surface area contributed by atoms with E-state index < -0.39 is 18.0 Å². The highest BCUT2D eigenvalue weighted by molar-refractivity contribution is 5.86. The fraction of sp³-hybridized carbons (Fsp3) is 0.909. The average molecular weight is 367 g/mol. The van der Waals surface area contributed by atoms with Crippen molar-refractivity contribution in [3.63, 3.8) is 0 Å². The summed E-state index contributed by atoms with van der Waals surface area (Å²) in [5, 5.41) is 9.92. The van der Waals surface area contributed by atoms with E-state index in [1.54, 1.807) is 0 Å².